The molecular weight excluding hydrogens is 375 g/mol. The Morgan fingerprint density at radius 3 is 2.50 bits per heavy atom. The number of hydrogen-bond acceptors (Lipinski definition) is 2. The molecule has 3 aromatic carbocycles. The molecule has 0 spiro atoms. The Balaban J connectivity index is 1.48. The Morgan fingerprint density at radius 1 is 1.10 bits per heavy atom. The third-order valence-electron chi connectivity index (χ3n) is 5.86. The summed E-state index contributed by atoms with van der Waals surface area (Å²) < 4.78 is 13.6. The summed E-state index contributed by atoms with van der Waals surface area (Å²) in [7, 11) is 0. The van der Waals surface area contributed by atoms with Crippen LogP contribution in [-0.4, -0.2) is 23.9 Å². The number of halogens is 1. The number of nitriles is 1. The molecule has 1 aliphatic rings. The quantitative estimate of drug-likeness (QED) is 0.586. The first-order chi connectivity index (χ1) is 14.5. The van der Waals surface area contributed by atoms with Crippen LogP contribution in [0.25, 0.3) is 11.1 Å². The van der Waals surface area contributed by atoms with Crippen molar-refractivity contribution in [3.63, 3.8) is 0 Å². The van der Waals surface area contributed by atoms with E-state index in [9.17, 15) is 9.18 Å². The highest BCUT2D eigenvalue weighted by Crippen LogP contribution is 2.30. The van der Waals surface area contributed by atoms with E-state index in [1.54, 1.807) is 6.07 Å². The molecule has 0 saturated carbocycles. The number of amides is 1. The number of carbonyl (C=O) groups is 1. The van der Waals surface area contributed by atoms with Crippen LogP contribution in [0.2, 0.25) is 0 Å². The predicted octanol–water partition coefficient (Wildman–Crippen LogP) is 5.49. The minimum atomic E-state index is -0.409. The van der Waals surface area contributed by atoms with Gasteiger partial charge in [0.05, 0.1) is 11.6 Å². The van der Waals surface area contributed by atoms with Crippen molar-refractivity contribution in [2.45, 2.75) is 25.7 Å². The highest BCUT2D eigenvalue weighted by molar-refractivity contribution is 5.96. The van der Waals surface area contributed by atoms with Crippen molar-refractivity contribution >= 4 is 5.91 Å². The van der Waals surface area contributed by atoms with Crippen LogP contribution in [0.15, 0.2) is 60.7 Å². The molecule has 4 heteroatoms. The molecule has 3 nitrogen and oxygen atoms in total. The zero-order chi connectivity index (χ0) is 21.1. The Kier molecular flexibility index (Phi) is 5.63. The van der Waals surface area contributed by atoms with E-state index in [-0.39, 0.29) is 5.91 Å². The van der Waals surface area contributed by atoms with E-state index in [2.05, 4.69) is 12.1 Å². The van der Waals surface area contributed by atoms with Gasteiger partial charge in [0.15, 0.2) is 0 Å². The Hall–Kier alpha value is -3.45. The molecule has 1 aliphatic heterocycles. The molecule has 0 aromatic heterocycles. The smallest absolute Gasteiger partial charge is 0.253 e. The van der Waals surface area contributed by atoms with Crippen LogP contribution in [0.4, 0.5) is 4.39 Å². The second kappa shape index (κ2) is 8.51. The van der Waals surface area contributed by atoms with E-state index < -0.39 is 5.82 Å². The number of nitrogens with zero attached hydrogens (tertiary/aromatic N) is 2. The van der Waals surface area contributed by atoms with Crippen LogP contribution in [0.1, 0.15) is 45.8 Å². The second-order valence-electron chi connectivity index (χ2n) is 7.76. The monoisotopic (exact) mass is 397 g/mol. The molecule has 0 unspecified atom stereocenters. The second-order valence-corrected chi connectivity index (χ2v) is 7.76. The van der Waals surface area contributed by atoms with Crippen molar-refractivity contribution in [1.29, 1.82) is 5.26 Å². The summed E-state index contributed by atoms with van der Waals surface area (Å²) in [5.41, 5.74) is 5.12. The first-order valence-corrected chi connectivity index (χ1v) is 10.1. The molecule has 0 aliphatic carbocycles. The maximum Gasteiger partial charge on any atom is 0.253 e. The normalized spacial score (nSPS) is 14.4. The lowest BCUT2D eigenvalue weighted by Gasteiger charge is -2.32. The number of piperidine rings is 1. The van der Waals surface area contributed by atoms with Gasteiger partial charge in [0.2, 0.25) is 0 Å². The Morgan fingerprint density at radius 2 is 1.83 bits per heavy atom. The predicted molar refractivity (Wildman–Crippen MR) is 114 cm³/mol. The van der Waals surface area contributed by atoms with Crippen LogP contribution in [-0.2, 0) is 0 Å². The molecule has 0 bridgehead atoms. The third kappa shape index (κ3) is 4.11. The van der Waals surface area contributed by atoms with Crippen molar-refractivity contribution in [3.8, 4) is 17.2 Å². The topological polar surface area (TPSA) is 44.1 Å². The summed E-state index contributed by atoms with van der Waals surface area (Å²) in [6, 6.07) is 22.8. The van der Waals surface area contributed by atoms with Crippen molar-refractivity contribution in [3.05, 3.63) is 94.8 Å². The Bertz CT molecular complexity index is 1110. The number of hydrogen-bond donors (Lipinski definition) is 0. The van der Waals surface area contributed by atoms with Gasteiger partial charge in [-0.2, -0.15) is 5.26 Å². The zero-order valence-electron chi connectivity index (χ0n) is 16.9. The van der Waals surface area contributed by atoms with E-state index in [1.807, 2.05) is 60.4 Å². The van der Waals surface area contributed by atoms with E-state index in [0.29, 0.717) is 30.1 Å². The van der Waals surface area contributed by atoms with Crippen LogP contribution in [0, 0.1) is 30.1 Å². The number of likely N-dealkylation sites (tertiary alicyclic amines) is 1. The minimum absolute atomic E-state index is 0.0116. The molecule has 0 N–H and O–H groups in total. The fourth-order valence-corrected chi connectivity index (χ4v) is 4.10. The van der Waals surface area contributed by atoms with Gasteiger partial charge in [0, 0.05) is 24.7 Å². The molecular formula is C26H22FN2O. The van der Waals surface area contributed by atoms with Gasteiger partial charge < -0.3 is 4.90 Å². The maximum absolute atomic E-state index is 13.6. The summed E-state index contributed by atoms with van der Waals surface area (Å²) in [4.78, 5) is 15.0. The summed E-state index contributed by atoms with van der Waals surface area (Å²) in [5, 5.41) is 8.95. The van der Waals surface area contributed by atoms with Crippen molar-refractivity contribution in [2.75, 3.05) is 13.1 Å². The average Bonchev–Trinajstić information content (AvgIpc) is 2.79. The number of rotatable bonds is 3. The summed E-state index contributed by atoms with van der Waals surface area (Å²) in [5.74, 6) is 0.00455. The van der Waals surface area contributed by atoms with E-state index in [0.717, 1.165) is 29.5 Å². The number of carbonyl (C=O) groups excluding carboxylic acids is 1. The van der Waals surface area contributed by atoms with Gasteiger partial charge >= 0.3 is 0 Å². The fourth-order valence-electron chi connectivity index (χ4n) is 4.10. The molecule has 1 saturated heterocycles. The molecule has 149 valence electrons. The average molecular weight is 397 g/mol. The maximum atomic E-state index is 13.6. The molecule has 3 aromatic rings. The molecule has 0 atom stereocenters. The SMILES string of the molecule is Cc1ccc(C(=O)N2CCC(c3ccc(C#N)cc3)CC2)cc1-c1cc[c]c(F)c1. The molecule has 1 radical (unpaired) electrons. The van der Waals surface area contributed by atoms with Crippen LogP contribution in [0.5, 0.6) is 0 Å². The van der Waals surface area contributed by atoms with Gasteiger partial charge in [-0.15, -0.1) is 0 Å². The number of benzene rings is 3. The van der Waals surface area contributed by atoms with Crippen LogP contribution >= 0.6 is 0 Å². The lowest BCUT2D eigenvalue weighted by Crippen LogP contribution is -2.37. The summed E-state index contributed by atoms with van der Waals surface area (Å²) in [6.07, 6.45) is 1.80. The first-order valence-electron chi connectivity index (χ1n) is 10.1. The Labute approximate surface area is 176 Å². The zero-order valence-corrected chi connectivity index (χ0v) is 16.9. The van der Waals surface area contributed by atoms with E-state index >= 15 is 0 Å². The summed E-state index contributed by atoms with van der Waals surface area (Å²) >= 11 is 0. The van der Waals surface area contributed by atoms with Crippen LogP contribution < -0.4 is 0 Å². The van der Waals surface area contributed by atoms with E-state index in [4.69, 9.17) is 5.26 Å². The van der Waals surface area contributed by atoms with Crippen LogP contribution in [0.3, 0.4) is 0 Å². The standard InChI is InChI=1S/C26H22FN2O/c1-18-5-8-23(16-25(18)22-3-2-4-24(27)15-22)26(30)29-13-11-21(12-14-29)20-9-6-19(17-28)7-10-20/h2-3,5-10,15-16,21H,11-14H2,1H3. The molecule has 4 rings (SSSR count). The van der Waals surface area contributed by atoms with E-state index in [1.165, 1.54) is 11.6 Å². The minimum Gasteiger partial charge on any atom is -0.339 e. The number of aryl methyl sites for hydroxylation is 1. The van der Waals surface area contributed by atoms with Gasteiger partial charge in [0.25, 0.3) is 5.91 Å². The first kappa shape index (κ1) is 19.8. The van der Waals surface area contributed by atoms with Gasteiger partial charge in [-0.25, -0.2) is 4.39 Å². The van der Waals surface area contributed by atoms with Gasteiger partial charge in [-0.3, -0.25) is 4.79 Å². The lowest BCUT2D eigenvalue weighted by molar-refractivity contribution is 0.0713. The van der Waals surface area contributed by atoms with Crippen molar-refractivity contribution < 1.29 is 9.18 Å². The molecule has 1 amide bonds. The lowest BCUT2D eigenvalue weighted by atomic mass is 9.88. The highest BCUT2D eigenvalue weighted by atomic mass is 19.1. The van der Waals surface area contributed by atoms with Crippen molar-refractivity contribution in [2.24, 2.45) is 0 Å². The van der Waals surface area contributed by atoms with Gasteiger partial charge in [0.1, 0.15) is 5.82 Å². The largest absolute Gasteiger partial charge is 0.339 e. The molecule has 1 heterocycles. The van der Waals surface area contributed by atoms with Gasteiger partial charge in [-0.1, -0.05) is 30.3 Å². The third-order valence-corrected chi connectivity index (χ3v) is 5.86. The summed E-state index contributed by atoms with van der Waals surface area (Å²) in [6.45, 7) is 3.35. The van der Waals surface area contributed by atoms with Gasteiger partial charge in [-0.05, 0) is 78.3 Å². The fraction of sp³-hybridized carbons (Fsp3) is 0.231. The molecule has 30 heavy (non-hydrogen) atoms. The molecule has 1 fully saturated rings. The highest BCUT2D eigenvalue weighted by Gasteiger charge is 2.25. The van der Waals surface area contributed by atoms with Crippen molar-refractivity contribution in [1.82, 2.24) is 4.90 Å².